The molecule has 218 valence electrons. The number of aliphatic hydroxyl groups is 1. The molecule has 0 spiro atoms. The highest BCUT2D eigenvalue weighted by Crippen LogP contribution is 2.62. The minimum Gasteiger partial charge on any atom is -0.376 e. The Kier molecular flexibility index (Phi) is 6.73. The Morgan fingerprint density at radius 2 is 0.913 bits per heavy atom. The van der Waals surface area contributed by atoms with Crippen LogP contribution in [-0.4, -0.2) is 5.11 Å². The Balaban J connectivity index is 1.40. The summed E-state index contributed by atoms with van der Waals surface area (Å²) in [6.45, 7) is 2.31. The molecule has 0 aromatic heterocycles. The lowest BCUT2D eigenvalue weighted by atomic mass is 9.50. The van der Waals surface area contributed by atoms with Crippen molar-refractivity contribution < 1.29 is 5.11 Å². The summed E-state index contributed by atoms with van der Waals surface area (Å²) >= 11 is 0. The third kappa shape index (κ3) is 4.33. The molecule has 0 saturated carbocycles. The molecule has 3 aliphatic rings. The maximum absolute atomic E-state index is 13.7. The third-order valence-corrected chi connectivity index (χ3v) is 9.74. The smallest absolute Gasteiger partial charge is 0.144 e. The van der Waals surface area contributed by atoms with Crippen molar-refractivity contribution in [3.8, 4) is 23.7 Å². The van der Waals surface area contributed by atoms with Gasteiger partial charge in [0.25, 0.3) is 0 Å². The van der Waals surface area contributed by atoms with Gasteiger partial charge < -0.3 is 5.11 Å². The minimum atomic E-state index is -1.44. The molecule has 0 amide bonds. The summed E-state index contributed by atoms with van der Waals surface area (Å²) in [4.78, 5) is 0. The largest absolute Gasteiger partial charge is 0.376 e. The molecule has 0 atom stereocenters. The van der Waals surface area contributed by atoms with Crippen molar-refractivity contribution in [1.82, 2.24) is 0 Å². The standard InChI is InChI=1S/C45H32O/c1-44-38-23-11-20-35(29-26-32-14-5-2-6-15-32)41(38)45(46,42-36(21-12-24-39(42)44)30-27-33-16-7-3-8-17-33)43-37(22-13-25-40(43)44)31-28-34-18-9-4-10-19-34/h2-25,46H,26,29H2,1H3. The van der Waals surface area contributed by atoms with Crippen molar-refractivity contribution >= 4 is 0 Å². The van der Waals surface area contributed by atoms with Crippen molar-refractivity contribution in [3.05, 3.63) is 212 Å². The number of benzene rings is 6. The summed E-state index contributed by atoms with van der Waals surface area (Å²) in [5.41, 5.74) is 10.2. The van der Waals surface area contributed by atoms with E-state index in [1.54, 1.807) is 0 Å². The van der Waals surface area contributed by atoms with E-state index in [2.05, 4.69) is 116 Å². The van der Waals surface area contributed by atoms with Crippen LogP contribution in [0.15, 0.2) is 146 Å². The number of rotatable bonds is 3. The predicted molar refractivity (Wildman–Crippen MR) is 186 cm³/mol. The molecular formula is C45H32O. The molecular weight excluding hydrogens is 556 g/mol. The molecule has 0 aliphatic heterocycles. The average Bonchev–Trinajstić information content (AvgIpc) is 3.11. The van der Waals surface area contributed by atoms with Gasteiger partial charge in [-0.15, -0.1) is 0 Å². The van der Waals surface area contributed by atoms with E-state index < -0.39 is 11.0 Å². The molecule has 6 aromatic carbocycles. The van der Waals surface area contributed by atoms with Gasteiger partial charge in [0, 0.05) is 44.4 Å². The summed E-state index contributed by atoms with van der Waals surface area (Å²) in [5, 5.41) is 13.7. The van der Waals surface area contributed by atoms with Crippen LogP contribution in [0.25, 0.3) is 0 Å². The Bertz CT molecular complexity index is 2110. The minimum absolute atomic E-state index is 0.498. The first-order valence-corrected chi connectivity index (χ1v) is 15.9. The van der Waals surface area contributed by atoms with Crippen molar-refractivity contribution in [1.29, 1.82) is 0 Å². The summed E-state index contributed by atoms with van der Waals surface area (Å²) in [7, 11) is 0. The SMILES string of the molecule is CC12c3cccc(C#Cc4ccccc4)c3C(O)(c3c(C#Cc4ccccc4)cccc31)c1c(CCc3ccccc3)cccc12. The monoisotopic (exact) mass is 588 g/mol. The molecule has 9 rings (SSSR count). The van der Waals surface area contributed by atoms with Gasteiger partial charge in [-0.05, 0) is 84.0 Å². The fraction of sp³-hybridized carbons (Fsp3) is 0.111. The van der Waals surface area contributed by atoms with Crippen LogP contribution in [0, 0.1) is 23.7 Å². The molecule has 0 unspecified atom stereocenters. The zero-order valence-electron chi connectivity index (χ0n) is 25.7. The lowest BCUT2D eigenvalue weighted by Gasteiger charge is -2.54. The molecule has 0 fully saturated rings. The maximum atomic E-state index is 13.7. The zero-order valence-corrected chi connectivity index (χ0v) is 25.7. The fourth-order valence-corrected chi connectivity index (χ4v) is 7.63. The van der Waals surface area contributed by atoms with Crippen LogP contribution >= 0.6 is 0 Å². The van der Waals surface area contributed by atoms with Crippen molar-refractivity contribution in [3.63, 3.8) is 0 Å². The van der Waals surface area contributed by atoms with Crippen LogP contribution in [-0.2, 0) is 23.9 Å². The van der Waals surface area contributed by atoms with Gasteiger partial charge in [-0.3, -0.25) is 0 Å². The van der Waals surface area contributed by atoms with Crippen LogP contribution in [0.1, 0.15) is 73.7 Å². The first kappa shape index (κ1) is 27.9. The second-order valence-corrected chi connectivity index (χ2v) is 12.3. The summed E-state index contributed by atoms with van der Waals surface area (Å²) in [6.07, 6.45) is 1.70. The molecule has 1 nitrogen and oxygen atoms in total. The van der Waals surface area contributed by atoms with Crippen LogP contribution in [0.2, 0.25) is 0 Å². The summed E-state index contributed by atoms with van der Waals surface area (Å²) in [6, 6.07) is 49.9. The van der Waals surface area contributed by atoms with E-state index in [0.29, 0.717) is 0 Å². The van der Waals surface area contributed by atoms with Crippen LogP contribution < -0.4 is 0 Å². The quantitative estimate of drug-likeness (QED) is 0.206. The molecule has 0 radical (unpaired) electrons. The molecule has 1 N–H and O–H groups in total. The highest BCUT2D eigenvalue weighted by molar-refractivity contribution is 5.79. The predicted octanol–water partition coefficient (Wildman–Crippen LogP) is 8.54. The Morgan fingerprint density at radius 1 is 0.457 bits per heavy atom. The molecule has 3 aliphatic carbocycles. The van der Waals surface area contributed by atoms with Crippen LogP contribution in [0.3, 0.4) is 0 Å². The number of aryl methyl sites for hydroxylation is 2. The number of hydrogen-bond acceptors (Lipinski definition) is 1. The van der Waals surface area contributed by atoms with E-state index in [4.69, 9.17) is 0 Å². The molecule has 46 heavy (non-hydrogen) atoms. The highest BCUT2D eigenvalue weighted by Gasteiger charge is 2.58. The topological polar surface area (TPSA) is 20.2 Å². The van der Waals surface area contributed by atoms with Crippen molar-refractivity contribution in [2.24, 2.45) is 0 Å². The molecule has 6 aromatic rings. The Morgan fingerprint density at radius 3 is 1.43 bits per heavy atom. The van der Waals surface area contributed by atoms with E-state index in [-0.39, 0.29) is 0 Å². The van der Waals surface area contributed by atoms with Crippen molar-refractivity contribution in [2.45, 2.75) is 30.8 Å². The Hall–Kier alpha value is -5.60. The van der Waals surface area contributed by atoms with Gasteiger partial charge in [-0.1, -0.05) is 133 Å². The van der Waals surface area contributed by atoms with Gasteiger partial charge >= 0.3 is 0 Å². The van der Waals surface area contributed by atoms with E-state index in [0.717, 1.165) is 74.0 Å². The van der Waals surface area contributed by atoms with Gasteiger partial charge in [0.15, 0.2) is 0 Å². The zero-order chi connectivity index (χ0) is 31.1. The lowest BCUT2D eigenvalue weighted by molar-refractivity contribution is 0.106. The van der Waals surface area contributed by atoms with Crippen molar-refractivity contribution in [2.75, 3.05) is 0 Å². The second-order valence-electron chi connectivity index (χ2n) is 12.3. The fourth-order valence-electron chi connectivity index (χ4n) is 7.63. The van der Waals surface area contributed by atoms with Crippen LogP contribution in [0.4, 0.5) is 0 Å². The summed E-state index contributed by atoms with van der Waals surface area (Å²) < 4.78 is 0. The third-order valence-electron chi connectivity index (χ3n) is 9.74. The normalized spacial score (nSPS) is 18.2. The molecule has 1 heteroatoms. The molecule has 0 saturated heterocycles. The first-order chi connectivity index (χ1) is 22.6. The average molecular weight is 589 g/mol. The van der Waals surface area contributed by atoms with E-state index in [1.165, 1.54) is 5.56 Å². The van der Waals surface area contributed by atoms with E-state index in [1.807, 2.05) is 60.7 Å². The molecule has 2 bridgehead atoms. The maximum Gasteiger partial charge on any atom is 0.144 e. The van der Waals surface area contributed by atoms with Gasteiger partial charge in [-0.25, -0.2) is 0 Å². The van der Waals surface area contributed by atoms with E-state index >= 15 is 0 Å². The van der Waals surface area contributed by atoms with Gasteiger partial charge in [0.1, 0.15) is 5.60 Å². The highest BCUT2D eigenvalue weighted by atomic mass is 16.3. The second kappa shape index (κ2) is 11.1. The first-order valence-electron chi connectivity index (χ1n) is 15.9. The van der Waals surface area contributed by atoms with Crippen LogP contribution in [0.5, 0.6) is 0 Å². The van der Waals surface area contributed by atoms with Gasteiger partial charge in [-0.2, -0.15) is 0 Å². The van der Waals surface area contributed by atoms with E-state index in [9.17, 15) is 5.11 Å². The Labute approximate surface area is 271 Å². The lowest BCUT2D eigenvalue weighted by Crippen LogP contribution is -2.51. The number of hydrogen-bond donors (Lipinski definition) is 1. The van der Waals surface area contributed by atoms with Gasteiger partial charge in [0.2, 0.25) is 0 Å². The van der Waals surface area contributed by atoms with Gasteiger partial charge in [0.05, 0.1) is 0 Å². The summed E-state index contributed by atoms with van der Waals surface area (Å²) in [5.74, 6) is 13.7. The molecule has 0 heterocycles.